The minimum absolute atomic E-state index is 1.15. The van der Waals surface area contributed by atoms with E-state index in [1.165, 1.54) is 65.4 Å². The van der Waals surface area contributed by atoms with Crippen molar-refractivity contribution < 1.29 is 0 Å². The van der Waals surface area contributed by atoms with Crippen molar-refractivity contribution in [3.8, 4) is 33.4 Å². The number of benzene rings is 6. The quantitative estimate of drug-likeness (QED) is 0.180. The van der Waals surface area contributed by atoms with E-state index >= 15 is 0 Å². The highest BCUT2D eigenvalue weighted by Gasteiger charge is 2.36. The molecule has 184 valence electrons. The van der Waals surface area contributed by atoms with Gasteiger partial charge < -0.3 is 9.80 Å². The van der Waals surface area contributed by atoms with Crippen LogP contribution in [0.1, 0.15) is 0 Å². The third-order valence-corrected chi connectivity index (χ3v) is 8.43. The molecule has 0 aromatic heterocycles. The number of hydrogen-bond donors (Lipinski definition) is 0. The van der Waals surface area contributed by atoms with Gasteiger partial charge in [-0.2, -0.15) is 0 Å². The molecule has 0 atom stereocenters. The lowest BCUT2D eigenvalue weighted by molar-refractivity contribution is 1.17. The Morgan fingerprint density at radius 1 is 0.385 bits per heavy atom. The normalized spacial score (nSPS) is 12.6. The lowest BCUT2D eigenvalue weighted by Crippen LogP contribution is -2.24. The summed E-state index contributed by atoms with van der Waals surface area (Å²) in [7, 11) is 0. The highest BCUT2D eigenvalue weighted by molar-refractivity contribution is 14.1. The number of hydrogen-bond acceptors (Lipinski definition) is 2. The van der Waals surface area contributed by atoms with E-state index in [1.54, 1.807) is 0 Å². The Balaban J connectivity index is 1.45. The second-order valence-electron chi connectivity index (χ2n) is 9.96. The van der Waals surface area contributed by atoms with E-state index in [2.05, 4.69) is 172 Å². The molecule has 0 N–H and O–H groups in total. The van der Waals surface area contributed by atoms with Gasteiger partial charge in [-0.05, 0) is 93.4 Å². The maximum Gasteiger partial charge on any atom is 0.0782 e. The fraction of sp³-hybridized carbons (Fsp3) is 0. The monoisotopic (exact) mass is 610 g/mol. The molecule has 0 spiro atoms. The maximum atomic E-state index is 2.48. The lowest BCUT2D eigenvalue weighted by atomic mass is 9.94. The first-order valence-electron chi connectivity index (χ1n) is 13.1. The van der Waals surface area contributed by atoms with E-state index in [0.717, 1.165) is 5.69 Å². The molecule has 0 fully saturated rings. The largest absolute Gasteiger partial charge is 0.306 e. The van der Waals surface area contributed by atoms with E-state index < -0.39 is 0 Å². The first kappa shape index (κ1) is 22.6. The van der Waals surface area contributed by atoms with Gasteiger partial charge in [-0.1, -0.05) is 91.0 Å². The Labute approximate surface area is 241 Å². The summed E-state index contributed by atoms with van der Waals surface area (Å²) in [4.78, 5) is 4.90. The van der Waals surface area contributed by atoms with Crippen molar-refractivity contribution in [3.63, 3.8) is 0 Å². The molecular formula is C36H23IN2. The second kappa shape index (κ2) is 8.85. The Morgan fingerprint density at radius 3 is 1.82 bits per heavy atom. The number of nitrogens with zero attached hydrogens (tertiary/aromatic N) is 2. The fourth-order valence-corrected chi connectivity index (χ4v) is 6.60. The van der Waals surface area contributed by atoms with Gasteiger partial charge in [0, 0.05) is 20.4 Å². The fourth-order valence-electron chi connectivity index (χ4n) is 6.11. The molecule has 0 saturated heterocycles. The van der Waals surface area contributed by atoms with Crippen LogP contribution in [0, 0.1) is 3.57 Å². The minimum atomic E-state index is 1.15. The summed E-state index contributed by atoms with van der Waals surface area (Å²) in [5.74, 6) is 0. The average Bonchev–Trinajstić information content (AvgIpc) is 3.12. The molecular weight excluding hydrogens is 587 g/mol. The van der Waals surface area contributed by atoms with Crippen LogP contribution in [0.25, 0.3) is 33.4 Å². The molecule has 0 unspecified atom stereocenters. The molecule has 8 rings (SSSR count). The number of rotatable bonds is 2. The molecule has 2 aliphatic rings. The van der Waals surface area contributed by atoms with Gasteiger partial charge in [0.15, 0.2) is 0 Å². The van der Waals surface area contributed by atoms with Gasteiger partial charge in [-0.3, -0.25) is 0 Å². The van der Waals surface area contributed by atoms with E-state index in [-0.39, 0.29) is 0 Å². The standard InChI is InChI=1S/C36H23IN2/c37-26-20-21-32-31(23-26)29-15-5-4-14-28(29)30-16-9-19-35-36(30)39(32)34-18-7-6-17-33(34)38(35)27-13-8-12-25(22-27)24-10-2-1-3-11-24/h1-23H. The SMILES string of the molecule is Ic1ccc2c(c1)-c1ccccc1-c1cccc3c1N2c1ccccc1N3c1cccc(-c2ccccc2)c1. The maximum absolute atomic E-state index is 2.48. The summed E-state index contributed by atoms with van der Waals surface area (Å²) >= 11 is 2.43. The van der Waals surface area contributed by atoms with Crippen molar-refractivity contribution in [1.29, 1.82) is 0 Å². The van der Waals surface area contributed by atoms with Crippen LogP contribution < -0.4 is 9.80 Å². The lowest BCUT2D eigenvalue weighted by Gasteiger charge is -2.41. The van der Waals surface area contributed by atoms with Gasteiger partial charge in [-0.25, -0.2) is 0 Å². The van der Waals surface area contributed by atoms with Gasteiger partial charge in [0.05, 0.1) is 28.4 Å². The van der Waals surface area contributed by atoms with Crippen LogP contribution in [0.4, 0.5) is 34.1 Å². The molecule has 3 heteroatoms. The molecule has 0 saturated carbocycles. The average molecular weight is 610 g/mol. The van der Waals surface area contributed by atoms with E-state index in [9.17, 15) is 0 Å². The van der Waals surface area contributed by atoms with Crippen LogP contribution in [0.15, 0.2) is 140 Å². The summed E-state index contributed by atoms with van der Waals surface area (Å²) in [6.45, 7) is 0. The van der Waals surface area contributed by atoms with Crippen molar-refractivity contribution in [2.45, 2.75) is 0 Å². The zero-order valence-electron chi connectivity index (χ0n) is 21.1. The number of halogens is 1. The van der Waals surface area contributed by atoms with Crippen molar-refractivity contribution in [1.82, 2.24) is 0 Å². The van der Waals surface area contributed by atoms with Crippen molar-refractivity contribution in [3.05, 3.63) is 143 Å². The Hall–Kier alpha value is -4.35. The highest BCUT2D eigenvalue weighted by atomic mass is 127. The van der Waals surface area contributed by atoms with E-state index in [1.807, 2.05) is 0 Å². The molecule has 0 aliphatic carbocycles. The molecule has 0 amide bonds. The molecule has 6 aromatic rings. The molecule has 2 heterocycles. The summed E-state index contributed by atoms with van der Waals surface area (Å²) < 4.78 is 1.23. The predicted octanol–water partition coefficient (Wildman–Crippen LogP) is 10.9. The Morgan fingerprint density at radius 2 is 1.00 bits per heavy atom. The number of anilines is 6. The highest BCUT2D eigenvalue weighted by Crippen LogP contribution is 2.60. The van der Waals surface area contributed by atoms with Crippen LogP contribution >= 0.6 is 22.6 Å². The molecule has 0 radical (unpaired) electrons. The van der Waals surface area contributed by atoms with Gasteiger partial charge in [0.2, 0.25) is 0 Å². The zero-order valence-corrected chi connectivity index (χ0v) is 23.2. The minimum Gasteiger partial charge on any atom is -0.306 e. The smallest absolute Gasteiger partial charge is 0.0782 e. The zero-order chi connectivity index (χ0) is 25.9. The van der Waals surface area contributed by atoms with Crippen LogP contribution in [0.2, 0.25) is 0 Å². The van der Waals surface area contributed by atoms with Gasteiger partial charge in [0.25, 0.3) is 0 Å². The van der Waals surface area contributed by atoms with Crippen LogP contribution in [-0.2, 0) is 0 Å². The van der Waals surface area contributed by atoms with Gasteiger partial charge >= 0.3 is 0 Å². The summed E-state index contributed by atoms with van der Waals surface area (Å²) in [5, 5.41) is 0. The van der Waals surface area contributed by atoms with E-state index in [0.29, 0.717) is 0 Å². The first-order valence-corrected chi connectivity index (χ1v) is 14.2. The summed E-state index contributed by atoms with van der Waals surface area (Å²) in [6.07, 6.45) is 0. The second-order valence-corrected chi connectivity index (χ2v) is 11.2. The Kier molecular flexibility index (Phi) is 5.13. The van der Waals surface area contributed by atoms with Gasteiger partial charge in [0.1, 0.15) is 0 Å². The third kappa shape index (κ3) is 3.46. The summed E-state index contributed by atoms with van der Waals surface area (Å²) in [5.41, 5.74) is 14.6. The van der Waals surface area contributed by atoms with Gasteiger partial charge in [-0.15, -0.1) is 0 Å². The third-order valence-electron chi connectivity index (χ3n) is 7.76. The van der Waals surface area contributed by atoms with Crippen molar-refractivity contribution in [2.24, 2.45) is 0 Å². The predicted molar refractivity (Wildman–Crippen MR) is 172 cm³/mol. The topological polar surface area (TPSA) is 6.48 Å². The van der Waals surface area contributed by atoms with Crippen LogP contribution in [-0.4, -0.2) is 0 Å². The molecule has 39 heavy (non-hydrogen) atoms. The summed E-state index contributed by atoms with van der Waals surface area (Å²) in [6, 6.07) is 50.7. The molecule has 0 bridgehead atoms. The number of fused-ring (bicyclic) bond motifs is 7. The molecule has 6 aromatic carbocycles. The Bertz CT molecular complexity index is 1890. The molecule has 2 nitrogen and oxygen atoms in total. The van der Waals surface area contributed by atoms with Crippen LogP contribution in [0.5, 0.6) is 0 Å². The number of para-hydroxylation sites is 3. The van der Waals surface area contributed by atoms with Crippen LogP contribution in [0.3, 0.4) is 0 Å². The molecule has 2 aliphatic heterocycles. The first-order chi connectivity index (χ1) is 19.3. The van der Waals surface area contributed by atoms with E-state index in [4.69, 9.17) is 0 Å². The van der Waals surface area contributed by atoms with Crippen molar-refractivity contribution >= 4 is 56.7 Å². The van der Waals surface area contributed by atoms with Crippen molar-refractivity contribution in [2.75, 3.05) is 9.80 Å².